The van der Waals surface area contributed by atoms with Crippen molar-refractivity contribution in [2.45, 2.75) is 32.5 Å². The van der Waals surface area contributed by atoms with Gasteiger partial charge in [-0.2, -0.15) is 0 Å². The molecule has 2 aliphatic rings. The van der Waals surface area contributed by atoms with E-state index in [2.05, 4.69) is 10.3 Å². The molecule has 1 saturated heterocycles. The van der Waals surface area contributed by atoms with Gasteiger partial charge in [0, 0.05) is 18.5 Å². The molecule has 0 aromatic carbocycles. The summed E-state index contributed by atoms with van der Waals surface area (Å²) in [6.45, 7) is 4.51. The van der Waals surface area contributed by atoms with Crippen molar-refractivity contribution in [2.24, 2.45) is 4.99 Å². The van der Waals surface area contributed by atoms with Gasteiger partial charge in [0.25, 0.3) is 0 Å². The van der Waals surface area contributed by atoms with Crippen molar-refractivity contribution in [3.63, 3.8) is 0 Å². The Kier molecular flexibility index (Phi) is 4.82. The van der Waals surface area contributed by atoms with Crippen LogP contribution in [0.15, 0.2) is 16.9 Å². The lowest BCUT2D eigenvalue weighted by Crippen LogP contribution is -2.28. The van der Waals surface area contributed by atoms with Crippen LogP contribution < -0.4 is 5.32 Å². The number of aliphatic imine (C=N–C) groups is 1. The summed E-state index contributed by atoms with van der Waals surface area (Å²) >= 11 is 0. The third kappa shape index (κ3) is 4.36. The van der Waals surface area contributed by atoms with Crippen molar-refractivity contribution < 1.29 is 14.2 Å². The van der Waals surface area contributed by atoms with Gasteiger partial charge in [-0.25, -0.2) is 4.99 Å². The summed E-state index contributed by atoms with van der Waals surface area (Å²) in [5, 5.41) is 3.16. The predicted molar refractivity (Wildman–Crippen MR) is 64.7 cm³/mol. The highest BCUT2D eigenvalue weighted by Crippen LogP contribution is 2.13. The van der Waals surface area contributed by atoms with Gasteiger partial charge in [-0.15, -0.1) is 0 Å². The first-order valence-corrected chi connectivity index (χ1v) is 6.18. The first-order valence-electron chi connectivity index (χ1n) is 6.18. The fraction of sp³-hybridized carbons (Fsp3) is 0.750. The number of allylic oxidation sites excluding steroid dienone is 1. The first-order chi connectivity index (χ1) is 8.34. The maximum absolute atomic E-state index is 5.56. The number of hydrogen-bond donors (Lipinski definition) is 1. The average Bonchev–Trinajstić information content (AvgIpc) is 2.38. The van der Waals surface area contributed by atoms with Crippen LogP contribution in [0.3, 0.4) is 0 Å². The van der Waals surface area contributed by atoms with Crippen LogP contribution in [0.25, 0.3) is 0 Å². The Hall–Kier alpha value is -1.07. The third-order valence-corrected chi connectivity index (χ3v) is 2.71. The van der Waals surface area contributed by atoms with Gasteiger partial charge in [0.1, 0.15) is 6.61 Å². The van der Waals surface area contributed by atoms with E-state index in [1.54, 1.807) is 6.20 Å². The van der Waals surface area contributed by atoms with Gasteiger partial charge in [0.05, 0.1) is 13.2 Å². The minimum atomic E-state index is -0.0408. The first kappa shape index (κ1) is 12.4. The molecular weight excluding hydrogens is 220 g/mol. The lowest BCUT2D eigenvalue weighted by molar-refractivity contribution is -0.165. The third-order valence-electron chi connectivity index (χ3n) is 2.71. The van der Waals surface area contributed by atoms with Crippen LogP contribution in [0.5, 0.6) is 0 Å². The summed E-state index contributed by atoms with van der Waals surface area (Å²) < 4.78 is 16.5. The fourth-order valence-corrected chi connectivity index (χ4v) is 1.75. The Labute approximate surface area is 102 Å². The summed E-state index contributed by atoms with van der Waals surface area (Å²) in [6, 6.07) is 0. The monoisotopic (exact) mass is 240 g/mol. The van der Waals surface area contributed by atoms with Crippen LogP contribution >= 0.6 is 0 Å². The molecule has 2 rings (SSSR count). The van der Waals surface area contributed by atoms with Crippen molar-refractivity contribution >= 4 is 5.90 Å². The number of nitrogens with zero attached hydrogens (tertiary/aromatic N) is 1. The maximum atomic E-state index is 5.56. The molecule has 0 bridgehead atoms. The van der Waals surface area contributed by atoms with Crippen molar-refractivity contribution in [3.8, 4) is 0 Å². The molecule has 1 N–H and O–H groups in total. The highest BCUT2D eigenvalue weighted by atomic mass is 16.7. The molecule has 0 aliphatic carbocycles. The van der Waals surface area contributed by atoms with Crippen LogP contribution in [-0.2, 0) is 14.2 Å². The minimum Gasteiger partial charge on any atom is -0.477 e. The van der Waals surface area contributed by atoms with Crippen molar-refractivity contribution in [1.82, 2.24) is 5.32 Å². The number of nitrogens with one attached hydrogen (secondary N) is 1. The molecule has 2 heterocycles. The Bertz CT molecular complexity index is 296. The SMILES string of the molecule is CC1=CN=C(OCCOC2CCCCO2)CN1. The van der Waals surface area contributed by atoms with Gasteiger partial charge in [0.15, 0.2) is 6.29 Å². The molecular formula is C12H20N2O3. The van der Waals surface area contributed by atoms with Gasteiger partial charge in [-0.3, -0.25) is 0 Å². The second kappa shape index (κ2) is 6.61. The molecule has 96 valence electrons. The second-order valence-corrected chi connectivity index (χ2v) is 4.20. The zero-order chi connectivity index (χ0) is 11.9. The van der Waals surface area contributed by atoms with E-state index in [1.807, 2.05) is 6.92 Å². The lowest BCUT2D eigenvalue weighted by Gasteiger charge is -2.22. The van der Waals surface area contributed by atoms with E-state index in [1.165, 1.54) is 6.42 Å². The molecule has 1 atom stereocenters. The van der Waals surface area contributed by atoms with Crippen LogP contribution in [0.1, 0.15) is 26.2 Å². The second-order valence-electron chi connectivity index (χ2n) is 4.20. The highest BCUT2D eigenvalue weighted by Gasteiger charge is 2.13. The van der Waals surface area contributed by atoms with E-state index in [-0.39, 0.29) is 6.29 Å². The summed E-state index contributed by atoms with van der Waals surface area (Å²) in [5.41, 5.74) is 1.06. The quantitative estimate of drug-likeness (QED) is 0.755. The van der Waals surface area contributed by atoms with Gasteiger partial charge in [-0.1, -0.05) is 0 Å². The summed E-state index contributed by atoms with van der Waals surface area (Å²) in [4.78, 5) is 4.18. The molecule has 2 aliphatic heterocycles. The van der Waals surface area contributed by atoms with E-state index in [9.17, 15) is 0 Å². The molecule has 5 nitrogen and oxygen atoms in total. The molecule has 0 radical (unpaired) electrons. The zero-order valence-corrected chi connectivity index (χ0v) is 10.3. The fourth-order valence-electron chi connectivity index (χ4n) is 1.75. The van der Waals surface area contributed by atoms with Crippen molar-refractivity contribution in [3.05, 3.63) is 11.9 Å². The summed E-state index contributed by atoms with van der Waals surface area (Å²) in [5.74, 6) is 0.712. The van der Waals surface area contributed by atoms with Gasteiger partial charge in [0.2, 0.25) is 5.90 Å². The standard InChI is InChI=1S/C12H20N2O3/c1-10-8-14-11(9-13-10)15-6-7-17-12-4-2-3-5-16-12/h8,12-13H,2-7,9H2,1H3. The molecule has 1 fully saturated rings. The maximum Gasteiger partial charge on any atom is 0.207 e. The molecule has 5 heteroatoms. The van der Waals surface area contributed by atoms with E-state index >= 15 is 0 Å². The summed E-state index contributed by atoms with van der Waals surface area (Å²) in [6.07, 6.45) is 5.05. The molecule has 0 aromatic heterocycles. The van der Waals surface area contributed by atoms with Gasteiger partial charge < -0.3 is 19.5 Å². The van der Waals surface area contributed by atoms with Crippen molar-refractivity contribution in [2.75, 3.05) is 26.4 Å². The van der Waals surface area contributed by atoms with Crippen LogP contribution in [0, 0.1) is 0 Å². The molecule has 1 unspecified atom stereocenters. The molecule has 0 amide bonds. The highest BCUT2D eigenvalue weighted by molar-refractivity contribution is 5.79. The lowest BCUT2D eigenvalue weighted by atomic mass is 10.2. The van der Waals surface area contributed by atoms with E-state index in [4.69, 9.17) is 14.2 Å². The van der Waals surface area contributed by atoms with Gasteiger partial charge >= 0.3 is 0 Å². The number of rotatable bonds is 4. The Morgan fingerprint density at radius 3 is 3.12 bits per heavy atom. The smallest absolute Gasteiger partial charge is 0.207 e. The minimum absolute atomic E-state index is 0.0408. The van der Waals surface area contributed by atoms with Crippen LogP contribution in [0.2, 0.25) is 0 Å². The normalized spacial score (nSPS) is 24.6. The zero-order valence-electron chi connectivity index (χ0n) is 10.3. The Morgan fingerprint density at radius 2 is 2.41 bits per heavy atom. The summed E-state index contributed by atoms with van der Waals surface area (Å²) in [7, 11) is 0. The van der Waals surface area contributed by atoms with Crippen LogP contribution in [-0.4, -0.2) is 38.6 Å². The number of ether oxygens (including phenoxy) is 3. The Balaban J connectivity index is 1.57. The number of hydrogen-bond acceptors (Lipinski definition) is 5. The molecule has 0 saturated carbocycles. The topological polar surface area (TPSA) is 52.1 Å². The average molecular weight is 240 g/mol. The predicted octanol–water partition coefficient (Wildman–Crippen LogP) is 1.41. The molecule has 17 heavy (non-hydrogen) atoms. The molecule has 0 spiro atoms. The Morgan fingerprint density at radius 1 is 1.47 bits per heavy atom. The van der Waals surface area contributed by atoms with Crippen LogP contribution in [0.4, 0.5) is 0 Å². The van der Waals surface area contributed by atoms with E-state index in [0.29, 0.717) is 25.7 Å². The molecule has 0 aromatic rings. The van der Waals surface area contributed by atoms with E-state index < -0.39 is 0 Å². The van der Waals surface area contributed by atoms with Gasteiger partial charge in [-0.05, 0) is 26.2 Å². The van der Waals surface area contributed by atoms with Crippen molar-refractivity contribution in [1.29, 1.82) is 0 Å². The van der Waals surface area contributed by atoms with E-state index in [0.717, 1.165) is 25.1 Å². The largest absolute Gasteiger partial charge is 0.477 e.